The number of hydrogen-bond donors (Lipinski definition) is 0. The van der Waals surface area contributed by atoms with Gasteiger partial charge in [0.25, 0.3) is 0 Å². The molecule has 1 saturated heterocycles. The van der Waals surface area contributed by atoms with Crippen molar-refractivity contribution >= 4 is 31.9 Å². The van der Waals surface area contributed by atoms with Gasteiger partial charge in [-0.05, 0) is 31.9 Å². The molecule has 0 atom stereocenters. The molecule has 0 aromatic carbocycles. The van der Waals surface area contributed by atoms with Gasteiger partial charge in [0, 0.05) is 12.5 Å². The first kappa shape index (κ1) is 12.5. The van der Waals surface area contributed by atoms with E-state index in [9.17, 15) is 0 Å². The lowest BCUT2D eigenvalue weighted by Crippen LogP contribution is -2.34. The van der Waals surface area contributed by atoms with Crippen LogP contribution in [0.2, 0.25) is 0 Å². The Kier molecular flexibility index (Phi) is 3.45. The predicted molar refractivity (Wildman–Crippen MR) is 67.0 cm³/mol. The fourth-order valence-corrected chi connectivity index (χ4v) is 2.23. The number of halogens is 2. The molecule has 4 nitrogen and oxygen atoms in total. The summed E-state index contributed by atoms with van der Waals surface area (Å²) in [4.78, 5) is 4.36. The van der Waals surface area contributed by atoms with Gasteiger partial charge < -0.3 is 14.0 Å². The molecule has 6 heteroatoms. The Labute approximate surface area is 112 Å². The van der Waals surface area contributed by atoms with Crippen LogP contribution in [-0.4, -0.2) is 22.8 Å². The number of nitrogens with zero attached hydrogens (tertiary/aromatic N) is 2. The van der Waals surface area contributed by atoms with Crippen molar-refractivity contribution in [2.75, 3.05) is 13.2 Å². The highest BCUT2D eigenvalue weighted by Crippen LogP contribution is 2.33. The summed E-state index contributed by atoms with van der Waals surface area (Å²) in [5.41, 5.74) is 0.0795. The lowest BCUT2D eigenvalue weighted by atomic mass is 9.96. The van der Waals surface area contributed by atoms with E-state index in [1.54, 1.807) is 0 Å². The molecule has 2 heterocycles. The van der Waals surface area contributed by atoms with E-state index in [4.69, 9.17) is 9.47 Å². The van der Waals surface area contributed by atoms with Gasteiger partial charge in [0.1, 0.15) is 9.21 Å². The summed E-state index contributed by atoms with van der Waals surface area (Å²) in [6.45, 7) is 5.60. The van der Waals surface area contributed by atoms with E-state index >= 15 is 0 Å². The Morgan fingerprint density at radius 1 is 1.31 bits per heavy atom. The molecule has 0 amide bonds. The number of aromatic nitrogens is 2. The highest BCUT2D eigenvalue weighted by Gasteiger charge is 2.32. The number of hydrogen-bond acceptors (Lipinski definition) is 3. The molecule has 0 unspecified atom stereocenters. The Balaban J connectivity index is 2.17. The molecular weight excluding hydrogens is 340 g/mol. The van der Waals surface area contributed by atoms with E-state index in [2.05, 4.69) is 50.7 Å². The summed E-state index contributed by atoms with van der Waals surface area (Å²) in [6, 6.07) is 0. The first-order valence-corrected chi connectivity index (χ1v) is 6.60. The van der Waals surface area contributed by atoms with Crippen molar-refractivity contribution in [1.82, 2.24) is 9.55 Å². The molecule has 0 bridgehead atoms. The standard InChI is InChI=1S/C10H14Br2N2O2/c1-10(2)4-15-9(16-5-10)8-13-6(11)7(12)14(8)3/h9H,4-5H2,1-3H3. The monoisotopic (exact) mass is 352 g/mol. The maximum absolute atomic E-state index is 5.68. The van der Waals surface area contributed by atoms with Gasteiger partial charge in [-0.15, -0.1) is 0 Å². The van der Waals surface area contributed by atoms with Crippen LogP contribution < -0.4 is 0 Å². The van der Waals surface area contributed by atoms with Gasteiger partial charge >= 0.3 is 0 Å². The third-order valence-corrected chi connectivity index (χ3v) is 4.48. The van der Waals surface area contributed by atoms with E-state index in [1.807, 2.05) is 11.6 Å². The second kappa shape index (κ2) is 4.40. The molecule has 90 valence electrons. The second-order valence-electron chi connectivity index (χ2n) is 4.73. The van der Waals surface area contributed by atoms with Crippen LogP contribution in [0.3, 0.4) is 0 Å². The van der Waals surface area contributed by atoms with Crippen molar-refractivity contribution in [2.45, 2.75) is 20.1 Å². The fraction of sp³-hybridized carbons (Fsp3) is 0.700. The van der Waals surface area contributed by atoms with Crippen molar-refractivity contribution in [1.29, 1.82) is 0 Å². The van der Waals surface area contributed by atoms with Gasteiger partial charge in [0.2, 0.25) is 6.29 Å². The number of ether oxygens (including phenoxy) is 2. The van der Waals surface area contributed by atoms with Crippen LogP contribution in [0.1, 0.15) is 26.0 Å². The van der Waals surface area contributed by atoms with Crippen LogP contribution in [0.5, 0.6) is 0 Å². The van der Waals surface area contributed by atoms with Crippen LogP contribution in [0.25, 0.3) is 0 Å². The highest BCUT2D eigenvalue weighted by molar-refractivity contribution is 9.13. The maximum atomic E-state index is 5.68. The van der Waals surface area contributed by atoms with Crippen LogP contribution in [0.15, 0.2) is 9.21 Å². The molecule has 1 aromatic heterocycles. The van der Waals surface area contributed by atoms with Gasteiger partial charge in [-0.3, -0.25) is 0 Å². The summed E-state index contributed by atoms with van der Waals surface area (Å²) in [6.07, 6.45) is -0.374. The van der Waals surface area contributed by atoms with E-state index < -0.39 is 0 Å². The van der Waals surface area contributed by atoms with Gasteiger partial charge in [0.15, 0.2) is 5.82 Å². The van der Waals surface area contributed by atoms with E-state index in [1.165, 1.54) is 0 Å². The summed E-state index contributed by atoms with van der Waals surface area (Å²) in [5.74, 6) is 0.772. The molecule has 0 N–H and O–H groups in total. The molecule has 0 aliphatic carbocycles. The van der Waals surface area contributed by atoms with Crippen LogP contribution >= 0.6 is 31.9 Å². The minimum atomic E-state index is -0.374. The molecule has 0 spiro atoms. The Morgan fingerprint density at radius 2 is 1.88 bits per heavy atom. The third kappa shape index (κ3) is 2.34. The van der Waals surface area contributed by atoms with Gasteiger partial charge in [-0.1, -0.05) is 13.8 Å². The molecule has 1 fully saturated rings. The smallest absolute Gasteiger partial charge is 0.217 e. The highest BCUT2D eigenvalue weighted by atomic mass is 79.9. The lowest BCUT2D eigenvalue weighted by Gasteiger charge is -2.34. The molecule has 2 rings (SSSR count). The molecule has 0 radical (unpaired) electrons. The Hall–Kier alpha value is 0.0900. The minimum Gasteiger partial charge on any atom is -0.345 e. The second-order valence-corrected chi connectivity index (χ2v) is 6.23. The zero-order valence-corrected chi connectivity index (χ0v) is 12.6. The Bertz CT molecular complexity index is 394. The van der Waals surface area contributed by atoms with Crippen LogP contribution in [-0.2, 0) is 16.5 Å². The normalized spacial score (nSPS) is 21.3. The van der Waals surface area contributed by atoms with E-state index in [0.717, 1.165) is 15.0 Å². The van der Waals surface area contributed by atoms with Crippen molar-refractivity contribution in [3.63, 3.8) is 0 Å². The number of imidazole rings is 1. The average Bonchev–Trinajstić information content (AvgIpc) is 2.46. The van der Waals surface area contributed by atoms with Gasteiger partial charge in [0.05, 0.1) is 13.2 Å². The van der Waals surface area contributed by atoms with Gasteiger partial charge in [-0.2, -0.15) is 0 Å². The fourth-order valence-electron chi connectivity index (χ4n) is 1.51. The third-order valence-electron chi connectivity index (χ3n) is 2.48. The van der Waals surface area contributed by atoms with Crippen molar-refractivity contribution in [2.24, 2.45) is 12.5 Å². The van der Waals surface area contributed by atoms with Gasteiger partial charge in [-0.25, -0.2) is 4.98 Å². The summed E-state index contributed by atoms with van der Waals surface area (Å²) in [5, 5.41) is 0. The molecule has 16 heavy (non-hydrogen) atoms. The molecule has 1 aliphatic heterocycles. The van der Waals surface area contributed by atoms with Crippen LogP contribution in [0, 0.1) is 5.41 Å². The lowest BCUT2D eigenvalue weighted by molar-refractivity contribution is -0.230. The first-order chi connectivity index (χ1) is 7.41. The average molecular weight is 354 g/mol. The molecule has 0 saturated carbocycles. The zero-order chi connectivity index (χ0) is 11.9. The van der Waals surface area contributed by atoms with Crippen LogP contribution in [0.4, 0.5) is 0 Å². The first-order valence-electron chi connectivity index (χ1n) is 5.01. The maximum Gasteiger partial charge on any atom is 0.217 e. The summed E-state index contributed by atoms with van der Waals surface area (Å²) < 4.78 is 14.9. The molecular formula is C10H14Br2N2O2. The quantitative estimate of drug-likeness (QED) is 0.778. The van der Waals surface area contributed by atoms with Crippen molar-refractivity contribution in [3.05, 3.63) is 15.0 Å². The van der Waals surface area contributed by atoms with E-state index in [0.29, 0.717) is 13.2 Å². The molecule has 1 aliphatic rings. The topological polar surface area (TPSA) is 36.3 Å². The SMILES string of the molecule is Cn1c(C2OCC(C)(C)CO2)nc(Br)c1Br. The number of rotatable bonds is 1. The predicted octanol–water partition coefficient (Wildman–Crippen LogP) is 3.02. The summed E-state index contributed by atoms with van der Waals surface area (Å²) >= 11 is 6.80. The largest absolute Gasteiger partial charge is 0.345 e. The van der Waals surface area contributed by atoms with Crippen molar-refractivity contribution < 1.29 is 9.47 Å². The molecule has 1 aromatic rings. The summed E-state index contributed by atoms with van der Waals surface area (Å²) in [7, 11) is 1.92. The zero-order valence-electron chi connectivity index (χ0n) is 9.46. The van der Waals surface area contributed by atoms with E-state index in [-0.39, 0.29) is 11.7 Å². The van der Waals surface area contributed by atoms with Crippen molar-refractivity contribution in [3.8, 4) is 0 Å². The Morgan fingerprint density at radius 3 is 2.31 bits per heavy atom. The minimum absolute atomic E-state index is 0.0795.